The van der Waals surface area contributed by atoms with Gasteiger partial charge in [0, 0.05) is 37.2 Å². The van der Waals surface area contributed by atoms with Crippen LogP contribution in [0, 0.1) is 28.6 Å². The molecule has 1 aliphatic heterocycles. The van der Waals surface area contributed by atoms with Crippen molar-refractivity contribution in [2.24, 2.45) is 28.6 Å². The number of hydrogen-bond donors (Lipinski definition) is 2. The monoisotopic (exact) mass is 556 g/mol. The van der Waals surface area contributed by atoms with Crippen LogP contribution in [0.15, 0.2) is 27.6 Å². The molecule has 2 heterocycles. The zero-order valence-electron chi connectivity index (χ0n) is 24.4. The van der Waals surface area contributed by atoms with Crippen molar-refractivity contribution in [2.75, 3.05) is 46.0 Å². The van der Waals surface area contributed by atoms with E-state index in [9.17, 15) is 19.8 Å². The highest BCUT2D eigenvalue weighted by Crippen LogP contribution is 2.70. The van der Waals surface area contributed by atoms with Crippen molar-refractivity contribution in [3.8, 4) is 0 Å². The van der Waals surface area contributed by atoms with Gasteiger partial charge in [0.15, 0.2) is 0 Å². The minimum atomic E-state index is -0.710. The van der Waals surface area contributed by atoms with Crippen LogP contribution in [0.1, 0.15) is 83.1 Å². The standard InChI is InChI=1S/C32H48N2O6/c1-30-10-7-24(34(13-16-35)28(36)20-33-14-17-39-18-15-33)19-23(30)4-5-27-26(30)8-11-31(2)25(9-12-32(27,31)38)22-3-6-29(37)40-21-22/h3,6,21,23-27,35,38H,4-5,7-20H2,1-2H3/t23-,24-,25-,26-,27-,30-,31-,32-/m1/s1. The van der Waals surface area contributed by atoms with Gasteiger partial charge in [0.25, 0.3) is 0 Å². The van der Waals surface area contributed by atoms with E-state index in [0.717, 1.165) is 76.4 Å². The van der Waals surface area contributed by atoms with E-state index in [-0.39, 0.29) is 46.8 Å². The Labute approximate surface area is 238 Å². The van der Waals surface area contributed by atoms with E-state index < -0.39 is 5.60 Å². The normalized spacial score (nSPS) is 41.5. The van der Waals surface area contributed by atoms with E-state index in [1.807, 2.05) is 11.0 Å². The van der Waals surface area contributed by atoms with Crippen molar-refractivity contribution in [3.63, 3.8) is 0 Å². The predicted molar refractivity (Wildman–Crippen MR) is 151 cm³/mol. The van der Waals surface area contributed by atoms with Gasteiger partial charge in [0.1, 0.15) is 0 Å². The van der Waals surface area contributed by atoms with E-state index >= 15 is 0 Å². The lowest BCUT2D eigenvalue weighted by molar-refractivity contribution is -0.204. The maximum absolute atomic E-state index is 13.4. The van der Waals surface area contributed by atoms with E-state index in [1.165, 1.54) is 6.07 Å². The first-order valence-electron chi connectivity index (χ1n) is 15.7. The SMILES string of the molecule is C[C@@]12CC[C@@H](N(CCO)C(=O)CN3CCOCC3)C[C@H]1CC[C@@H]1[C@H]2CC[C@]2(C)[C@@H](c3ccc(=O)oc3)CC[C@@]12O. The van der Waals surface area contributed by atoms with Crippen molar-refractivity contribution in [1.29, 1.82) is 0 Å². The molecular weight excluding hydrogens is 508 g/mol. The van der Waals surface area contributed by atoms with Gasteiger partial charge in [-0.15, -0.1) is 0 Å². The summed E-state index contributed by atoms with van der Waals surface area (Å²) in [4.78, 5) is 29.2. The highest BCUT2D eigenvalue weighted by atomic mass is 16.5. The smallest absolute Gasteiger partial charge is 0.335 e. The van der Waals surface area contributed by atoms with Gasteiger partial charge in [-0.2, -0.15) is 0 Å². The summed E-state index contributed by atoms with van der Waals surface area (Å²) in [6.45, 7) is 8.48. The number of nitrogens with zero attached hydrogens (tertiary/aromatic N) is 2. The highest BCUT2D eigenvalue weighted by molar-refractivity contribution is 5.78. The molecule has 1 aromatic heterocycles. The number of hydrogen-bond acceptors (Lipinski definition) is 7. The zero-order chi connectivity index (χ0) is 28.1. The molecule has 0 bridgehead atoms. The van der Waals surface area contributed by atoms with Gasteiger partial charge >= 0.3 is 5.63 Å². The Hall–Kier alpha value is -1.74. The first kappa shape index (κ1) is 28.4. The van der Waals surface area contributed by atoms with Gasteiger partial charge in [0.2, 0.25) is 5.91 Å². The van der Waals surface area contributed by atoms with Crippen LogP contribution < -0.4 is 5.63 Å². The Bertz CT molecular complexity index is 1110. The van der Waals surface area contributed by atoms with Crippen LogP contribution >= 0.6 is 0 Å². The van der Waals surface area contributed by atoms with Crippen LogP contribution in [0.3, 0.4) is 0 Å². The number of rotatable bonds is 6. The van der Waals surface area contributed by atoms with Crippen molar-refractivity contribution < 1.29 is 24.2 Å². The topological polar surface area (TPSA) is 103 Å². The molecule has 0 unspecified atom stereocenters. The third kappa shape index (κ3) is 4.58. The number of fused-ring (bicyclic) bond motifs is 5. The Morgan fingerprint density at radius 1 is 1.05 bits per heavy atom. The fourth-order valence-electron chi connectivity index (χ4n) is 10.2. The van der Waals surface area contributed by atoms with Crippen molar-refractivity contribution in [3.05, 3.63) is 34.4 Å². The number of aliphatic hydroxyl groups is 2. The summed E-state index contributed by atoms with van der Waals surface area (Å²) in [5.41, 5.74) is -0.0564. The van der Waals surface area contributed by atoms with Crippen LogP contribution in [0.25, 0.3) is 0 Å². The first-order chi connectivity index (χ1) is 19.2. The maximum atomic E-state index is 13.4. The third-order valence-electron chi connectivity index (χ3n) is 12.5. The Kier molecular flexibility index (Phi) is 7.68. The third-order valence-corrected chi connectivity index (χ3v) is 12.5. The molecule has 5 fully saturated rings. The number of carbonyl (C=O) groups excluding carboxylic acids is 1. The minimum Gasteiger partial charge on any atom is -0.431 e. The molecule has 40 heavy (non-hydrogen) atoms. The van der Waals surface area contributed by atoms with Gasteiger partial charge in [-0.05, 0) is 98.5 Å². The van der Waals surface area contributed by atoms with Crippen LogP contribution in [0.5, 0.6) is 0 Å². The van der Waals surface area contributed by atoms with Gasteiger partial charge in [-0.3, -0.25) is 9.69 Å². The second-order valence-electron chi connectivity index (χ2n) is 14.0. The quantitative estimate of drug-likeness (QED) is 0.554. The van der Waals surface area contributed by atoms with Crippen LogP contribution in [-0.2, 0) is 9.53 Å². The first-order valence-corrected chi connectivity index (χ1v) is 15.7. The summed E-state index contributed by atoms with van der Waals surface area (Å²) in [6, 6.07) is 3.59. The molecule has 0 radical (unpaired) electrons. The molecule has 1 saturated heterocycles. The molecule has 6 rings (SSSR count). The van der Waals surface area contributed by atoms with Gasteiger partial charge in [-0.25, -0.2) is 4.79 Å². The second-order valence-corrected chi connectivity index (χ2v) is 14.0. The average molecular weight is 557 g/mol. The molecule has 5 aliphatic rings. The van der Waals surface area contributed by atoms with Crippen molar-refractivity contribution >= 4 is 5.91 Å². The summed E-state index contributed by atoms with van der Waals surface area (Å²) in [5.74, 6) is 1.62. The van der Waals surface area contributed by atoms with Crippen LogP contribution in [0.4, 0.5) is 0 Å². The van der Waals surface area contributed by atoms with Crippen LogP contribution in [-0.4, -0.2) is 83.6 Å². The highest BCUT2D eigenvalue weighted by Gasteiger charge is 2.67. The maximum Gasteiger partial charge on any atom is 0.335 e. The van der Waals surface area contributed by atoms with E-state index in [2.05, 4.69) is 18.7 Å². The molecule has 8 nitrogen and oxygen atoms in total. The molecule has 8 atom stereocenters. The number of carbonyl (C=O) groups is 1. The molecule has 222 valence electrons. The second kappa shape index (κ2) is 10.8. The summed E-state index contributed by atoms with van der Waals surface area (Å²) >= 11 is 0. The molecule has 1 amide bonds. The molecule has 0 spiro atoms. The van der Waals surface area contributed by atoms with E-state index in [4.69, 9.17) is 9.15 Å². The fraction of sp³-hybridized carbons (Fsp3) is 0.812. The van der Waals surface area contributed by atoms with E-state index in [1.54, 1.807) is 6.26 Å². The summed E-state index contributed by atoms with van der Waals surface area (Å²) < 4.78 is 10.7. The predicted octanol–water partition coefficient (Wildman–Crippen LogP) is 3.40. The molecular formula is C32H48N2O6. The molecule has 2 N–H and O–H groups in total. The Morgan fingerprint density at radius 2 is 1.85 bits per heavy atom. The molecule has 4 saturated carbocycles. The molecule has 1 aromatic rings. The number of ether oxygens (including phenoxy) is 1. The van der Waals surface area contributed by atoms with Gasteiger partial charge in [0.05, 0.1) is 38.2 Å². The van der Waals surface area contributed by atoms with Crippen molar-refractivity contribution in [2.45, 2.75) is 89.2 Å². The number of amides is 1. The largest absolute Gasteiger partial charge is 0.431 e. The Morgan fingerprint density at radius 3 is 2.58 bits per heavy atom. The lowest BCUT2D eigenvalue weighted by atomic mass is 9.43. The van der Waals surface area contributed by atoms with E-state index in [0.29, 0.717) is 38.1 Å². The fourth-order valence-corrected chi connectivity index (χ4v) is 10.2. The number of morpholine rings is 1. The molecule has 8 heteroatoms. The average Bonchev–Trinajstić information content (AvgIpc) is 3.23. The van der Waals surface area contributed by atoms with Gasteiger partial charge < -0.3 is 24.3 Å². The molecule has 4 aliphatic carbocycles. The lowest BCUT2D eigenvalue weighted by Crippen LogP contribution is -2.62. The summed E-state index contributed by atoms with van der Waals surface area (Å²) in [6.07, 6.45) is 10.6. The van der Waals surface area contributed by atoms with Crippen LogP contribution in [0.2, 0.25) is 0 Å². The lowest BCUT2D eigenvalue weighted by Gasteiger charge is -2.64. The summed E-state index contributed by atoms with van der Waals surface area (Å²) in [7, 11) is 0. The minimum absolute atomic E-state index is 0.00438. The molecule has 0 aromatic carbocycles. The van der Waals surface area contributed by atoms with Gasteiger partial charge in [-0.1, -0.05) is 13.8 Å². The van der Waals surface area contributed by atoms with Crippen molar-refractivity contribution in [1.82, 2.24) is 9.80 Å². The summed E-state index contributed by atoms with van der Waals surface area (Å²) in [5, 5.41) is 22.3. The Balaban J connectivity index is 1.17. The number of aliphatic hydroxyl groups excluding tert-OH is 1. The zero-order valence-corrected chi connectivity index (χ0v) is 24.4.